The van der Waals surface area contributed by atoms with E-state index in [0.29, 0.717) is 22.2 Å². The maximum Gasteiger partial charge on any atom is 0.416 e. The van der Waals surface area contributed by atoms with Gasteiger partial charge in [0.05, 0.1) is 28.4 Å². The molecular formula is C21H15F3N4OS. The van der Waals surface area contributed by atoms with Crippen molar-refractivity contribution in [2.45, 2.75) is 16.0 Å². The van der Waals surface area contributed by atoms with Gasteiger partial charge in [0, 0.05) is 15.5 Å². The first kappa shape index (κ1) is 21.1. The Morgan fingerprint density at radius 3 is 2.43 bits per heavy atom. The van der Waals surface area contributed by atoms with Crippen molar-refractivity contribution in [3.63, 3.8) is 0 Å². The number of alkyl halides is 3. The van der Waals surface area contributed by atoms with Gasteiger partial charge in [-0.2, -0.15) is 18.4 Å². The van der Waals surface area contributed by atoms with E-state index in [1.165, 1.54) is 17.8 Å². The van der Waals surface area contributed by atoms with Crippen molar-refractivity contribution < 1.29 is 18.0 Å². The monoisotopic (exact) mass is 428 g/mol. The fraction of sp³-hybridized carbons (Fsp3) is 0.0476. The fourth-order valence-corrected chi connectivity index (χ4v) is 3.43. The van der Waals surface area contributed by atoms with Crippen molar-refractivity contribution in [2.75, 3.05) is 11.2 Å². The topological polar surface area (TPSA) is 90.9 Å². The third kappa shape index (κ3) is 5.04. The van der Waals surface area contributed by atoms with E-state index in [-0.39, 0.29) is 11.3 Å². The van der Waals surface area contributed by atoms with Crippen molar-refractivity contribution in [2.24, 2.45) is 0 Å². The summed E-state index contributed by atoms with van der Waals surface area (Å²) in [6, 6.07) is 18.8. The summed E-state index contributed by atoms with van der Waals surface area (Å²) in [6.45, 7) is 0. The number of hydrazine groups is 1. The highest BCUT2D eigenvalue weighted by molar-refractivity contribution is 7.99. The minimum absolute atomic E-state index is 0.0908. The van der Waals surface area contributed by atoms with Gasteiger partial charge < -0.3 is 5.73 Å². The van der Waals surface area contributed by atoms with E-state index in [1.807, 2.05) is 36.4 Å². The molecule has 152 valence electrons. The SMILES string of the molecule is N#Cc1ccc(Sc2ccccc2)c(NNC(=O)c2cc(C(F)(F)F)ccc2N)c1. The van der Waals surface area contributed by atoms with E-state index in [2.05, 4.69) is 10.9 Å². The Labute approximate surface area is 174 Å². The van der Waals surface area contributed by atoms with E-state index in [1.54, 1.807) is 12.1 Å². The minimum Gasteiger partial charge on any atom is -0.398 e. The van der Waals surface area contributed by atoms with Crippen molar-refractivity contribution in [1.29, 1.82) is 5.26 Å². The standard InChI is InChI=1S/C21H15F3N4OS/c22-21(23,24)14-7-8-17(26)16(11-14)20(29)28-27-18-10-13(12-25)6-9-19(18)30-15-4-2-1-3-5-15/h1-11,27H,26H2,(H,28,29). The number of carbonyl (C=O) groups excluding carboxylic acids is 1. The lowest BCUT2D eigenvalue weighted by Gasteiger charge is -2.15. The van der Waals surface area contributed by atoms with Crippen LogP contribution in [0.1, 0.15) is 21.5 Å². The van der Waals surface area contributed by atoms with E-state index in [9.17, 15) is 18.0 Å². The van der Waals surface area contributed by atoms with Crippen LogP contribution in [0.4, 0.5) is 24.5 Å². The second-order valence-electron chi connectivity index (χ2n) is 6.12. The summed E-state index contributed by atoms with van der Waals surface area (Å²) in [5, 5.41) is 9.15. The molecule has 0 saturated carbocycles. The molecule has 0 aliphatic carbocycles. The van der Waals surface area contributed by atoms with Gasteiger partial charge >= 0.3 is 6.18 Å². The van der Waals surface area contributed by atoms with Crippen LogP contribution in [0.3, 0.4) is 0 Å². The predicted octanol–water partition coefficient (Wildman–Crippen LogP) is 5.07. The molecule has 0 fully saturated rings. The lowest BCUT2D eigenvalue weighted by Crippen LogP contribution is -2.30. The summed E-state index contributed by atoms with van der Waals surface area (Å²) in [6.07, 6.45) is -4.60. The first-order chi connectivity index (χ1) is 14.3. The third-order valence-corrected chi connectivity index (χ3v) is 5.10. The molecule has 0 spiro atoms. The number of anilines is 2. The number of nitrogen functional groups attached to an aromatic ring is 1. The highest BCUT2D eigenvalue weighted by atomic mass is 32.2. The van der Waals surface area contributed by atoms with Crippen LogP contribution >= 0.6 is 11.8 Å². The molecule has 0 atom stereocenters. The number of nitriles is 1. The number of carbonyl (C=O) groups is 1. The minimum atomic E-state index is -4.60. The fourth-order valence-electron chi connectivity index (χ4n) is 2.52. The molecule has 0 aromatic heterocycles. The van der Waals surface area contributed by atoms with Crippen molar-refractivity contribution in [3.05, 3.63) is 83.4 Å². The van der Waals surface area contributed by atoms with E-state index < -0.39 is 17.6 Å². The summed E-state index contributed by atoms with van der Waals surface area (Å²) in [5.41, 5.74) is 10.1. The van der Waals surface area contributed by atoms with Gasteiger partial charge in [-0.3, -0.25) is 15.6 Å². The molecule has 1 amide bonds. The van der Waals surface area contributed by atoms with Crippen LogP contribution in [0.2, 0.25) is 0 Å². The van der Waals surface area contributed by atoms with Gasteiger partial charge in [-0.15, -0.1) is 0 Å². The normalized spacial score (nSPS) is 10.9. The summed E-state index contributed by atoms with van der Waals surface area (Å²) in [5.74, 6) is -0.836. The summed E-state index contributed by atoms with van der Waals surface area (Å²) >= 11 is 1.39. The van der Waals surface area contributed by atoms with Crippen LogP contribution in [0.5, 0.6) is 0 Å². The number of hydrogen-bond acceptors (Lipinski definition) is 5. The number of amides is 1. The molecule has 0 aliphatic rings. The van der Waals surface area contributed by atoms with Gasteiger partial charge in [-0.25, -0.2) is 0 Å². The Kier molecular flexibility index (Phi) is 6.18. The maximum atomic E-state index is 12.9. The average Bonchev–Trinajstić information content (AvgIpc) is 2.73. The highest BCUT2D eigenvalue weighted by Gasteiger charge is 2.31. The molecule has 3 aromatic rings. The first-order valence-corrected chi connectivity index (χ1v) is 9.39. The molecule has 3 rings (SSSR count). The van der Waals surface area contributed by atoms with Crippen molar-refractivity contribution in [3.8, 4) is 6.07 Å². The van der Waals surface area contributed by atoms with Crippen LogP contribution in [0, 0.1) is 11.3 Å². The molecule has 0 aliphatic heterocycles. The Hall–Kier alpha value is -3.64. The molecular weight excluding hydrogens is 413 g/mol. The zero-order chi connectivity index (χ0) is 21.7. The molecule has 0 radical (unpaired) electrons. The largest absolute Gasteiger partial charge is 0.416 e. The molecule has 0 heterocycles. The van der Waals surface area contributed by atoms with Gasteiger partial charge in [0.2, 0.25) is 0 Å². The Bertz CT molecular complexity index is 1110. The lowest BCUT2D eigenvalue weighted by molar-refractivity contribution is -0.137. The Balaban J connectivity index is 1.83. The molecule has 30 heavy (non-hydrogen) atoms. The summed E-state index contributed by atoms with van der Waals surface area (Å²) in [4.78, 5) is 14.1. The first-order valence-electron chi connectivity index (χ1n) is 8.58. The maximum absolute atomic E-state index is 12.9. The second-order valence-corrected chi connectivity index (χ2v) is 7.23. The Morgan fingerprint density at radius 2 is 1.77 bits per heavy atom. The zero-order valence-corrected chi connectivity index (χ0v) is 16.1. The third-order valence-electron chi connectivity index (χ3n) is 4.02. The number of nitrogens with one attached hydrogen (secondary N) is 2. The zero-order valence-electron chi connectivity index (χ0n) is 15.3. The van der Waals surface area contributed by atoms with Gasteiger partial charge in [0.15, 0.2) is 0 Å². The van der Waals surface area contributed by atoms with Crippen LogP contribution in [-0.4, -0.2) is 5.91 Å². The van der Waals surface area contributed by atoms with Gasteiger partial charge in [0.1, 0.15) is 0 Å². The Morgan fingerprint density at radius 1 is 1.03 bits per heavy atom. The quantitative estimate of drug-likeness (QED) is 0.390. The molecule has 3 aromatic carbocycles. The van der Waals surface area contributed by atoms with Gasteiger partial charge in [-0.05, 0) is 48.5 Å². The lowest BCUT2D eigenvalue weighted by atomic mass is 10.1. The molecule has 0 bridgehead atoms. The van der Waals surface area contributed by atoms with E-state index in [4.69, 9.17) is 11.0 Å². The number of halogens is 3. The van der Waals surface area contributed by atoms with Crippen LogP contribution in [-0.2, 0) is 6.18 Å². The van der Waals surface area contributed by atoms with Gasteiger partial charge in [-0.1, -0.05) is 30.0 Å². The summed E-state index contributed by atoms with van der Waals surface area (Å²) in [7, 11) is 0. The molecule has 5 nitrogen and oxygen atoms in total. The number of benzene rings is 3. The highest BCUT2D eigenvalue weighted by Crippen LogP contribution is 2.34. The van der Waals surface area contributed by atoms with Crippen LogP contribution in [0.25, 0.3) is 0 Å². The number of hydrogen-bond donors (Lipinski definition) is 3. The van der Waals surface area contributed by atoms with Crippen LogP contribution < -0.4 is 16.6 Å². The van der Waals surface area contributed by atoms with Crippen molar-refractivity contribution >= 4 is 29.0 Å². The summed E-state index contributed by atoms with van der Waals surface area (Å²) < 4.78 is 38.8. The smallest absolute Gasteiger partial charge is 0.398 e. The average molecular weight is 428 g/mol. The number of nitrogens with two attached hydrogens (primary N) is 1. The molecule has 0 unspecified atom stereocenters. The second kappa shape index (κ2) is 8.80. The van der Waals surface area contributed by atoms with Gasteiger partial charge in [0.25, 0.3) is 5.91 Å². The predicted molar refractivity (Wildman–Crippen MR) is 109 cm³/mol. The van der Waals surface area contributed by atoms with Crippen molar-refractivity contribution in [1.82, 2.24) is 5.43 Å². The molecule has 4 N–H and O–H groups in total. The number of rotatable bonds is 5. The molecule has 9 heteroatoms. The van der Waals surface area contributed by atoms with Crippen LogP contribution in [0.15, 0.2) is 76.5 Å². The van der Waals surface area contributed by atoms with E-state index in [0.717, 1.165) is 17.0 Å². The molecule has 0 saturated heterocycles. The van der Waals surface area contributed by atoms with E-state index >= 15 is 0 Å². The number of nitrogens with zero attached hydrogens (tertiary/aromatic N) is 1.